The highest BCUT2D eigenvalue weighted by molar-refractivity contribution is 6.12. The van der Waals surface area contributed by atoms with Gasteiger partial charge in [-0.2, -0.15) is 8.78 Å². The maximum Gasteiger partial charge on any atom is 0.394 e. The van der Waals surface area contributed by atoms with Gasteiger partial charge in [-0.25, -0.2) is 4.79 Å². The number of amides is 1. The molecule has 1 atom stereocenters. The summed E-state index contributed by atoms with van der Waals surface area (Å²) in [5.74, 6) is -0.606. The molecule has 0 aliphatic carbocycles. The molecule has 0 saturated carbocycles. The number of allylic oxidation sites excluding steroid dienone is 5. The number of aliphatic imine (C=N–C) groups is 1. The SMILES string of the molecule is C=C/C=C(\C=C/C)N(C=O)C1=C(C(=NC)Nc2ccc(OC(C)(F)F)cc2)C(c2ccccc2)C(C(=O)OCC)=C(C)N1. The van der Waals surface area contributed by atoms with Crippen LogP contribution in [0.3, 0.4) is 0 Å². The van der Waals surface area contributed by atoms with Crippen LogP contribution in [0, 0.1) is 0 Å². The molecule has 10 heteroatoms. The quantitative estimate of drug-likeness (QED) is 0.0945. The van der Waals surface area contributed by atoms with Gasteiger partial charge in [-0.05, 0) is 62.8 Å². The van der Waals surface area contributed by atoms with Crippen molar-refractivity contribution in [2.24, 2.45) is 4.99 Å². The molecule has 0 saturated heterocycles. The molecule has 8 nitrogen and oxygen atoms in total. The molecule has 226 valence electrons. The van der Waals surface area contributed by atoms with Gasteiger partial charge in [-0.1, -0.05) is 49.1 Å². The van der Waals surface area contributed by atoms with Gasteiger partial charge in [0.05, 0.1) is 18.1 Å². The number of dihydropyridines is 1. The van der Waals surface area contributed by atoms with Crippen molar-refractivity contribution in [1.29, 1.82) is 0 Å². The van der Waals surface area contributed by atoms with Crippen molar-refractivity contribution < 1.29 is 27.8 Å². The predicted molar refractivity (Wildman–Crippen MR) is 164 cm³/mol. The fourth-order valence-electron chi connectivity index (χ4n) is 4.65. The minimum atomic E-state index is -3.34. The van der Waals surface area contributed by atoms with Crippen LogP contribution in [0.25, 0.3) is 0 Å². The Morgan fingerprint density at radius 2 is 1.84 bits per heavy atom. The second-order valence-corrected chi connectivity index (χ2v) is 9.42. The zero-order valence-corrected chi connectivity index (χ0v) is 24.9. The summed E-state index contributed by atoms with van der Waals surface area (Å²) >= 11 is 0. The van der Waals surface area contributed by atoms with E-state index in [9.17, 15) is 18.4 Å². The molecule has 0 aromatic heterocycles. The van der Waals surface area contributed by atoms with Crippen LogP contribution >= 0.6 is 0 Å². The second-order valence-electron chi connectivity index (χ2n) is 9.42. The lowest BCUT2D eigenvalue weighted by molar-refractivity contribution is -0.159. The van der Waals surface area contributed by atoms with Crippen molar-refractivity contribution in [3.63, 3.8) is 0 Å². The average molecular weight is 591 g/mol. The molecule has 2 aromatic rings. The van der Waals surface area contributed by atoms with Gasteiger partial charge in [0.25, 0.3) is 0 Å². The van der Waals surface area contributed by atoms with E-state index in [1.807, 2.05) is 37.3 Å². The van der Waals surface area contributed by atoms with E-state index >= 15 is 0 Å². The number of carbonyl (C=O) groups is 2. The molecule has 0 bridgehead atoms. The summed E-state index contributed by atoms with van der Waals surface area (Å²) < 4.78 is 36.9. The summed E-state index contributed by atoms with van der Waals surface area (Å²) in [4.78, 5) is 32.1. The predicted octanol–water partition coefficient (Wildman–Crippen LogP) is 6.66. The van der Waals surface area contributed by atoms with Crippen LogP contribution in [0.2, 0.25) is 0 Å². The van der Waals surface area contributed by atoms with Crippen LogP contribution in [0.5, 0.6) is 5.75 Å². The number of nitrogens with one attached hydrogen (secondary N) is 2. The van der Waals surface area contributed by atoms with E-state index < -0.39 is 18.0 Å². The average Bonchev–Trinajstić information content (AvgIpc) is 2.97. The third kappa shape index (κ3) is 8.06. The third-order valence-corrected chi connectivity index (χ3v) is 6.31. The summed E-state index contributed by atoms with van der Waals surface area (Å²) in [5, 5.41) is 6.50. The van der Waals surface area contributed by atoms with Crippen molar-refractivity contribution in [2.45, 2.75) is 39.7 Å². The number of rotatable bonds is 12. The highest BCUT2D eigenvalue weighted by Crippen LogP contribution is 2.41. The van der Waals surface area contributed by atoms with Gasteiger partial charge in [0.1, 0.15) is 17.4 Å². The second kappa shape index (κ2) is 14.8. The van der Waals surface area contributed by atoms with Crippen LogP contribution in [0.15, 0.2) is 119 Å². The first kappa shape index (κ1) is 32.5. The molecule has 1 heterocycles. The van der Waals surface area contributed by atoms with E-state index in [0.29, 0.717) is 53.2 Å². The molecule has 0 radical (unpaired) electrons. The van der Waals surface area contributed by atoms with Gasteiger partial charge >= 0.3 is 12.1 Å². The smallest absolute Gasteiger partial charge is 0.394 e. The molecule has 1 aliphatic heterocycles. The van der Waals surface area contributed by atoms with Gasteiger partial charge in [0, 0.05) is 36.6 Å². The fraction of sp³-hybridized carbons (Fsp3) is 0.242. The molecular weight excluding hydrogens is 554 g/mol. The van der Waals surface area contributed by atoms with Crippen LogP contribution < -0.4 is 15.4 Å². The lowest BCUT2D eigenvalue weighted by Crippen LogP contribution is -2.40. The molecule has 1 aliphatic rings. The number of anilines is 1. The Bertz CT molecular complexity index is 1470. The Morgan fingerprint density at radius 3 is 2.37 bits per heavy atom. The topological polar surface area (TPSA) is 92.3 Å². The van der Waals surface area contributed by atoms with Gasteiger partial charge in [0.15, 0.2) is 0 Å². The molecule has 0 spiro atoms. The summed E-state index contributed by atoms with van der Waals surface area (Å²) in [6.45, 7) is 9.89. The van der Waals surface area contributed by atoms with Gasteiger partial charge in [0.2, 0.25) is 6.41 Å². The van der Waals surface area contributed by atoms with Crippen LogP contribution in [0.4, 0.5) is 14.5 Å². The van der Waals surface area contributed by atoms with Gasteiger partial charge in [-0.3, -0.25) is 14.7 Å². The zero-order valence-electron chi connectivity index (χ0n) is 24.9. The Labute approximate surface area is 250 Å². The Balaban J connectivity index is 2.30. The number of amidine groups is 1. The van der Waals surface area contributed by atoms with Gasteiger partial charge in [-0.15, -0.1) is 0 Å². The first-order valence-electron chi connectivity index (χ1n) is 13.6. The van der Waals surface area contributed by atoms with Crippen molar-refractivity contribution >= 4 is 23.9 Å². The lowest BCUT2D eigenvalue weighted by Gasteiger charge is -2.36. The number of hydrogen-bond donors (Lipinski definition) is 2. The van der Waals surface area contributed by atoms with E-state index in [1.54, 1.807) is 57.3 Å². The van der Waals surface area contributed by atoms with Crippen molar-refractivity contribution in [3.05, 3.63) is 119 Å². The number of carbonyl (C=O) groups excluding carboxylic acids is 2. The fourth-order valence-corrected chi connectivity index (χ4v) is 4.65. The van der Waals surface area contributed by atoms with E-state index in [1.165, 1.54) is 17.0 Å². The summed E-state index contributed by atoms with van der Waals surface area (Å²) in [5.41, 5.74) is 3.06. The summed E-state index contributed by atoms with van der Waals surface area (Å²) in [6.07, 6.45) is 4.10. The molecular formula is C33H36F2N4O4. The molecule has 2 aromatic carbocycles. The third-order valence-electron chi connectivity index (χ3n) is 6.31. The molecule has 43 heavy (non-hydrogen) atoms. The van der Waals surface area contributed by atoms with Crippen molar-refractivity contribution in [1.82, 2.24) is 10.2 Å². The number of nitrogens with zero attached hydrogens (tertiary/aromatic N) is 2. The minimum absolute atomic E-state index is 0.0183. The highest BCUT2D eigenvalue weighted by atomic mass is 19.3. The van der Waals surface area contributed by atoms with E-state index in [2.05, 4.69) is 26.9 Å². The number of esters is 1. The Kier molecular flexibility index (Phi) is 11.2. The zero-order chi connectivity index (χ0) is 31.6. The molecule has 0 fully saturated rings. The van der Waals surface area contributed by atoms with Crippen LogP contribution in [-0.4, -0.2) is 42.9 Å². The lowest BCUT2D eigenvalue weighted by atomic mass is 9.80. The summed E-state index contributed by atoms with van der Waals surface area (Å²) in [6, 6.07) is 15.3. The van der Waals surface area contributed by atoms with Crippen molar-refractivity contribution in [2.75, 3.05) is 19.0 Å². The van der Waals surface area contributed by atoms with E-state index in [0.717, 1.165) is 5.56 Å². The number of halogens is 2. The minimum Gasteiger partial charge on any atom is -0.463 e. The summed E-state index contributed by atoms with van der Waals surface area (Å²) in [7, 11) is 1.57. The van der Waals surface area contributed by atoms with Crippen LogP contribution in [-0.2, 0) is 14.3 Å². The first-order chi connectivity index (χ1) is 20.6. The molecule has 1 unspecified atom stereocenters. The van der Waals surface area contributed by atoms with E-state index in [4.69, 9.17) is 4.74 Å². The largest absolute Gasteiger partial charge is 0.463 e. The monoisotopic (exact) mass is 590 g/mol. The normalized spacial score (nSPS) is 16.1. The number of benzene rings is 2. The maximum absolute atomic E-state index is 13.4. The molecule has 3 rings (SSSR count). The van der Waals surface area contributed by atoms with Crippen molar-refractivity contribution in [3.8, 4) is 5.75 Å². The molecule has 2 N–H and O–H groups in total. The Morgan fingerprint density at radius 1 is 1.16 bits per heavy atom. The maximum atomic E-state index is 13.4. The van der Waals surface area contributed by atoms with Crippen LogP contribution in [0.1, 0.15) is 39.2 Å². The Hall–Kier alpha value is -4.99. The van der Waals surface area contributed by atoms with E-state index in [-0.39, 0.29) is 12.4 Å². The number of hydrogen-bond acceptors (Lipinski definition) is 6. The highest BCUT2D eigenvalue weighted by Gasteiger charge is 2.39. The molecule has 1 amide bonds. The number of alkyl halides is 2. The number of ether oxygens (including phenoxy) is 2. The van der Waals surface area contributed by atoms with Gasteiger partial charge < -0.3 is 20.1 Å². The first-order valence-corrected chi connectivity index (χ1v) is 13.6. The standard InChI is InChI=1S/C33H36F2N4O4/c1-7-13-25(14-8-2)39(21-40)31-29(30(36-6)38-24-17-19-26(20-18-24)43-33(5,34)35)28(23-15-11-10-12-16-23)27(22(4)37-31)32(41)42-9-3/h7-8,10-21,28,37H,1,9H2,2-6H3,(H,36,38)/b14-8-,25-13+.